The normalized spacial score (nSPS) is 14.5. The van der Waals surface area contributed by atoms with Crippen LogP contribution in [0.2, 0.25) is 0 Å². The minimum atomic E-state index is -0.389. The molecular weight excluding hydrogens is 318 g/mol. The van der Waals surface area contributed by atoms with E-state index in [4.69, 9.17) is 8.83 Å². The molecule has 1 aliphatic rings. The number of nitrogens with zero attached hydrogens (tertiary/aromatic N) is 1. The molecule has 3 aromatic rings. The molecule has 2 aromatic heterocycles. The summed E-state index contributed by atoms with van der Waals surface area (Å²) in [5, 5.41) is 10.9. The number of fused-ring (bicyclic) bond motifs is 1. The highest BCUT2D eigenvalue weighted by molar-refractivity contribution is 5.82. The molecule has 0 bridgehead atoms. The predicted octanol–water partition coefficient (Wildman–Crippen LogP) is 3.82. The van der Waals surface area contributed by atoms with Crippen LogP contribution < -0.4 is 5.63 Å². The molecule has 0 radical (unpaired) electrons. The van der Waals surface area contributed by atoms with E-state index in [9.17, 15) is 9.90 Å². The highest BCUT2D eigenvalue weighted by Crippen LogP contribution is 2.32. The summed E-state index contributed by atoms with van der Waals surface area (Å²) in [4.78, 5) is 14.3. The van der Waals surface area contributed by atoms with Crippen molar-refractivity contribution in [3.8, 4) is 5.75 Å². The Labute approximate surface area is 145 Å². The van der Waals surface area contributed by atoms with Gasteiger partial charge in [-0.3, -0.25) is 4.90 Å². The Morgan fingerprint density at radius 3 is 2.72 bits per heavy atom. The van der Waals surface area contributed by atoms with Crippen LogP contribution in [0, 0.1) is 0 Å². The molecule has 2 heterocycles. The van der Waals surface area contributed by atoms with Gasteiger partial charge in [0.2, 0.25) is 0 Å². The van der Waals surface area contributed by atoms with Gasteiger partial charge in [0, 0.05) is 30.1 Å². The summed E-state index contributed by atoms with van der Waals surface area (Å²) in [7, 11) is 0. The zero-order valence-corrected chi connectivity index (χ0v) is 14.2. The summed E-state index contributed by atoms with van der Waals surface area (Å²) < 4.78 is 10.8. The van der Waals surface area contributed by atoms with Crippen LogP contribution in [-0.4, -0.2) is 16.0 Å². The van der Waals surface area contributed by atoms with Crippen molar-refractivity contribution in [3.63, 3.8) is 0 Å². The average molecular weight is 339 g/mol. The molecule has 4 rings (SSSR count). The maximum Gasteiger partial charge on any atom is 0.336 e. The SMILES string of the molecule is CCc1cc2c(CN(Cc3ccco3)C3CC3)cc(=O)oc2cc1O. The predicted molar refractivity (Wildman–Crippen MR) is 94.5 cm³/mol. The molecule has 1 aromatic carbocycles. The van der Waals surface area contributed by atoms with Gasteiger partial charge in [-0.15, -0.1) is 0 Å². The second-order valence-corrected chi connectivity index (χ2v) is 6.64. The number of benzene rings is 1. The number of phenols is 1. The first-order valence-corrected chi connectivity index (χ1v) is 8.69. The molecule has 5 heteroatoms. The van der Waals surface area contributed by atoms with E-state index in [1.807, 2.05) is 25.1 Å². The molecule has 0 spiro atoms. The topological polar surface area (TPSA) is 66.8 Å². The number of aromatic hydroxyl groups is 1. The van der Waals surface area contributed by atoms with Crippen molar-refractivity contribution in [2.24, 2.45) is 0 Å². The lowest BCUT2D eigenvalue weighted by molar-refractivity contribution is 0.225. The summed E-state index contributed by atoms with van der Waals surface area (Å²) in [6, 6.07) is 9.43. The van der Waals surface area contributed by atoms with Crippen LogP contribution in [0.3, 0.4) is 0 Å². The first-order valence-electron chi connectivity index (χ1n) is 8.69. The fraction of sp³-hybridized carbons (Fsp3) is 0.350. The van der Waals surface area contributed by atoms with Crippen LogP contribution >= 0.6 is 0 Å². The highest BCUT2D eigenvalue weighted by Gasteiger charge is 2.30. The van der Waals surface area contributed by atoms with Crippen molar-refractivity contribution in [1.82, 2.24) is 4.90 Å². The van der Waals surface area contributed by atoms with E-state index in [-0.39, 0.29) is 11.4 Å². The zero-order chi connectivity index (χ0) is 17.4. The fourth-order valence-electron chi connectivity index (χ4n) is 3.30. The lowest BCUT2D eigenvalue weighted by atomic mass is 10.0. The van der Waals surface area contributed by atoms with Gasteiger partial charge < -0.3 is 13.9 Å². The van der Waals surface area contributed by atoms with E-state index in [1.165, 1.54) is 12.8 Å². The molecule has 130 valence electrons. The monoisotopic (exact) mass is 339 g/mol. The Hall–Kier alpha value is -2.53. The molecule has 1 aliphatic carbocycles. The van der Waals surface area contributed by atoms with Gasteiger partial charge in [0.15, 0.2) is 0 Å². The number of hydrogen-bond donors (Lipinski definition) is 1. The van der Waals surface area contributed by atoms with Gasteiger partial charge >= 0.3 is 5.63 Å². The Kier molecular flexibility index (Phi) is 4.09. The van der Waals surface area contributed by atoms with Crippen molar-refractivity contribution in [2.45, 2.75) is 45.3 Å². The number of phenolic OH excluding ortho intramolecular Hbond substituents is 1. The lowest BCUT2D eigenvalue weighted by Crippen LogP contribution is -2.25. The second kappa shape index (κ2) is 6.41. The van der Waals surface area contributed by atoms with Gasteiger partial charge in [-0.2, -0.15) is 0 Å². The maximum absolute atomic E-state index is 12.0. The summed E-state index contributed by atoms with van der Waals surface area (Å²) >= 11 is 0. The van der Waals surface area contributed by atoms with Gasteiger partial charge in [-0.05, 0) is 48.6 Å². The zero-order valence-electron chi connectivity index (χ0n) is 14.2. The van der Waals surface area contributed by atoms with Crippen LogP contribution in [0.5, 0.6) is 5.75 Å². The van der Waals surface area contributed by atoms with Crippen molar-refractivity contribution in [3.05, 3.63) is 63.9 Å². The quantitative estimate of drug-likeness (QED) is 0.692. The van der Waals surface area contributed by atoms with E-state index in [2.05, 4.69) is 4.90 Å². The molecule has 0 unspecified atom stereocenters. The Morgan fingerprint density at radius 1 is 1.20 bits per heavy atom. The van der Waals surface area contributed by atoms with E-state index in [1.54, 1.807) is 18.4 Å². The van der Waals surface area contributed by atoms with Crippen LogP contribution in [0.1, 0.15) is 36.7 Å². The molecule has 1 N–H and O–H groups in total. The minimum Gasteiger partial charge on any atom is -0.508 e. The minimum absolute atomic E-state index is 0.171. The number of rotatable bonds is 6. The first kappa shape index (κ1) is 16.0. The molecule has 1 fully saturated rings. The van der Waals surface area contributed by atoms with Crippen LogP contribution in [0.4, 0.5) is 0 Å². The molecule has 0 aliphatic heterocycles. The summed E-state index contributed by atoms with van der Waals surface area (Å²) in [6.45, 7) is 3.37. The van der Waals surface area contributed by atoms with Gasteiger partial charge in [0.05, 0.1) is 12.8 Å². The molecule has 0 amide bonds. The first-order chi connectivity index (χ1) is 12.1. The third kappa shape index (κ3) is 3.33. The Balaban J connectivity index is 1.72. The van der Waals surface area contributed by atoms with E-state index < -0.39 is 0 Å². The van der Waals surface area contributed by atoms with Crippen molar-refractivity contribution in [2.75, 3.05) is 0 Å². The van der Waals surface area contributed by atoms with Crippen molar-refractivity contribution >= 4 is 11.0 Å². The molecule has 25 heavy (non-hydrogen) atoms. The molecule has 5 nitrogen and oxygen atoms in total. The third-order valence-electron chi connectivity index (χ3n) is 4.79. The van der Waals surface area contributed by atoms with E-state index >= 15 is 0 Å². The Bertz CT molecular complexity index is 938. The van der Waals surface area contributed by atoms with Gasteiger partial charge in [-0.1, -0.05) is 6.92 Å². The third-order valence-corrected chi connectivity index (χ3v) is 4.79. The van der Waals surface area contributed by atoms with Crippen LogP contribution in [0.15, 0.2) is 50.2 Å². The van der Waals surface area contributed by atoms with Crippen molar-refractivity contribution in [1.29, 1.82) is 0 Å². The van der Waals surface area contributed by atoms with Gasteiger partial charge in [0.25, 0.3) is 0 Å². The van der Waals surface area contributed by atoms with Gasteiger partial charge in [-0.25, -0.2) is 4.79 Å². The molecule has 0 saturated heterocycles. The smallest absolute Gasteiger partial charge is 0.336 e. The highest BCUT2D eigenvalue weighted by atomic mass is 16.4. The lowest BCUT2D eigenvalue weighted by Gasteiger charge is -2.21. The van der Waals surface area contributed by atoms with Crippen LogP contribution in [-0.2, 0) is 19.5 Å². The number of hydrogen-bond acceptors (Lipinski definition) is 5. The molecule has 0 atom stereocenters. The fourth-order valence-corrected chi connectivity index (χ4v) is 3.30. The van der Waals surface area contributed by atoms with Crippen LogP contribution in [0.25, 0.3) is 11.0 Å². The van der Waals surface area contributed by atoms with Gasteiger partial charge in [0.1, 0.15) is 17.1 Å². The second-order valence-electron chi connectivity index (χ2n) is 6.64. The largest absolute Gasteiger partial charge is 0.508 e. The molecule has 1 saturated carbocycles. The average Bonchev–Trinajstić information content (AvgIpc) is 3.31. The standard InChI is InChI=1S/C20H21NO4/c1-2-13-8-17-14(9-20(23)25-19(17)10-18(13)22)11-21(15-5-6-15)12-16-4-3-7-24-16/h3-4,7-10,15,22H,2,5-6,11-12H2,1H3. The number of furan rings is 1. The maximum atomic E-state index is 12.0. The summed E-state index contributed by atoms with van der Waals surface area (Å²) in [5.41, 5.74) is 1.83. The summed E-state index contributed by atoms with van der Waals surface area (Å²) in [5.74, 6) is 1.09. The molecular formula is C20H21NO4. The summed E-state index contributed by atoms with van der Waals surface area (Å²) in [6.07, 6.45) is 4.74. The van der Waals surface area contributed by atoms with Crippen molar-refractivity contribution < 1.29 is 13.9 Å². The number of aryl methyl sites for hydroxylation is 1. The Morgan fingerprint density at radius 2 is 2.04 bits per heavy atom. The van der Waals surface area contributed by atoms with E-state index in [0.29, 0.717) is 18.2 Å². The van der Waals surface area contributed by atoms with E-state index in [0.717, 1.165) is 35.2 Å².